The predicted molar refractivity (Wildman–Crippen MR) is 155 cm³/mol. The smallest absolute Gasteiger partial charge is 0.243 e. The van der Waals surface area contributed by atoms with Crippen molar-refractivity contribution in [3.63, 3.8) is 0 Å². The number of benzene rings is 2. The molecule has 0 radical (unpaired) electrons. The topological polar surface area (TPSA) is 139 Å². The maximum atomic E-state index is 13.7. The largest absolute Gasteiger partial charge is 0.497 e. The van der Waals surface area contributed by atoms with Crippen molar-refractivity contribution in [3.8, 4) is 5.75 Å². The lowest BCUT2D eigenvalue weighted by Crippen LogP contribution is -2.57. The molecule has 2 heterocycles. The zero-order chi connectivity index (χ0) is 30.1. The summed E-state index contributed by atoms with van der Waals surface area (Å²) in [5.74, 6) is -0.876. The third-order valence-electron chi connectivity index (χ3n) is 7.49. The fourth-order valence-corrected chi connectivity index (χ4v) is 4.77. The summed E-state index contributed by atoms with van der Waals surface area (Å²) in [4.78, 5) is 54.8. The normalized spacial score (nSPS) is 20.5. The molecule has 0 aliphatic carbocycles. The van der Waals surface area contributed by atoms with E-state index in [-0.39, 0.29) is 31.1 Å². The Hall–Kier alpha value is -3.80. The summed E-state index contributed by atoms with van der Waals surface area (Å²) in [6, 6.07) is 13.8. The molecular weight excluding hydrogens is 540 g/mol. The summed E-state index contributed by atoms with van der Waals surface area (Å²) < 4.78 is 15.9. The Morgan fingerprint density at radius 2 is 1.48 bits per heavy atom. The van der Waals surface area contributed by atoms with E-state index < -0.39 is 35.5 Å². The average Bonchev–Trinajstić information content (AvgIpc) is 3.75. The third kappa shape index (κ3) is 8.85. The summed E-state index contributed by atoms with van der Waals surface area (Å²) in [6.07, 6.45) is 0.442. The number of methoxy groups -OCH3 is 1. The molecule has 0 spiro atoms. The van der Waals surface area contributed by atoms with Gasteiger partial charge in [-0.1, -0.05) is 42.5 Å². The molecule has 42 heavy (non-hydrogen) atoms. The summed E-state index contributed by atoms with van der Waals surface area (Å²) in [7, 11) is 1.56. The molecule has 2 aromatic carbocycles. The highest BCUT2D eigenvalue weighted by atomic mass is 16.6. The van der Waals surface area contributed by atoms with Crippen molar-refractivity contribution in [2.75, 3.05) is 46.6 Å². The van der Waals surface area contributed by atoms with E-state index in [1.165, 1.54) is 0 Å². The van der Waals surface area contributed by atoms with Crippen LogP contribution in [0.2, 0.25) is 0 Å². The van der Waals surface area contributed by atoms with E-state index in [9.17, 15) is 19.2 Å². The predicted octanol–water partition coefficient (Wildman–Crippen LogP) is 0.645. The van der Waals surface area contributed by atoms with E-state index in [1.807, 2.05) is 47.4 Å². The van der Waals surface area contributed by atoms with E-state index in [0.717, 1.165) is 11.1 Å². The van der Waals surface area contributed by atoms with Crippen LogP contribution in [0.3, 0.4) is 0 Å². The van der Waals surface area contributed by atoms with Gasteiger partial charge in [-0.05, 0) is 43.5 Å². The minimum Gasteiger partial charge on any atom is -0.497 e. The lowest BCUT2D eigenvalue weighted by molar-refractivity contribution is -0.134. The van der Waals surface area contributed by atoms with E-state index >= 15 is 0 Å². The minimum atomic E-state index is -1.01. The number of ether oxygens (including phenoxy) is 3. The molecule has 4 atom stereocenters. The number of ketones is 1. The number of rotatable bonds is 14. The molecule has 2 aliphatic rings. The average molecular weight is 581 g/mol. The molecule has 226 valence electrons. The van der Waals surface area contributed by atoms with Crippen molar-refractivity contribution >= 4 is 23.5 Å². The zero-order valence-electron chi connectivity index (χ0n) is 24.4. The van der Waals surface area contributed by atoms with E-state index in [2.05, 4.69) is 16.0 Å². The first kappa shape index (κ1) is 31.1. The Morgan fingerprint density at radius 3 is 2.10 bits per heavy atom. The first-order chi connectivity index (χ1) is 20.2. The number of Topliss-reactive ketones (excluding diaryl/α,β-unsaturated/α-hetero) is 1. The highest BCUT2D eigenvalue weighted by Crippen LogP contribution is 2.29. The number of nitrogens with zero attached hydrogens (tertiary/aromatic N) is 1. The number of hydrogen-bond donors (Lipinski definition) is 3. The first-order valence-corrected chi connectivity index (χ1v) is 14.2. The van der Waals surface area contributed by atoms with Gasteiger partial charge in [0.1, 0.15) is 23.4 Å². The molecular formula is C31H40N4O7. The van der Waals surface area contributed by atoms with Gasteiger partial charge in [0.25, 0.3) is 0 Å². The number of carbonyl (C=O) groups excluding carboxylic acids is 4. The number of amides is 3. The molecule has 2 aromatic rings. The van der Waals surface area contributed by atoms with Gasteiger partial charge in [-0.2, -0.15) is 0 Å². The van der Waals surface area contributed by atoms with Crippen LogP contribution >= 0.6 is 0 Å². The lowest BCUT2D eigenvalue weighted by atomic mass is 9.94. The Balaban J connectivity index is 1.46. The monoisotopic (exact) mass is 580 g/mol. The molecule has 11 heteroatoms. The fraction of sp³-hybridized carbons (Fsp3) is 0.484. The molecule has 2 aliphatic heterocycles. The summed E-state index contributed by atoms with van der Waals surface area (Å²) in [6.45, 7) is 6.13. The Kier molecular flexibility index (Phi) is 10.7. The van der Waals surface area contributed by atoms with E-state index in [0.29, 0.717) is 38.7 Å². The van der Waals surface area contributed by atoms with Crippen LogP contribution in [0.4, 0.5) is 0 Å². The van der Waals surface area contributed by atoms with Gasteiger partial charge < -0.3 is 30.2 Å². The molecule has 1 unspecified atom stereocenters. The lowest BCUT2D eigenvalue weighted by Gasteiger charge is -2.27. The van der Waals surface area contributed by atoms with Crippen molar-refractivity contribution in [2.45, 2.75) is 50.4 Å². The molecule has 0 saturated carbocycles. The summed E-state index contributed by atoms with van der Waals surface area (Å²) in [5.41, 5.74) is 0.720. The van der Waals surface area contributed by atoms with Crippen LogP contribution in [0.1, 0.15) is 25.0 Å². The highest BCUT2D eigenvalue weighted by molar-refractivity contribution is 5.98. The Morgan fingerprint density at radius 1 is 0.881 bits per heavy atom. The first-order valence-electron chi connectivity index (χ1n) is 14.2. The second-order valence-corrected chi connectivity index (χ2v) is 10.9. The van der Waals surface area contributed by atoms with Crippen molar-refractivity contribution in [1.29, 1.82) is 0 Å². The molecule has 11 nitrogen and oxygen atoms in total. The number of epoxide rings is 1. The van der Waals surface area contributed by atoms with Gasteiger partial charge in [-0.15, -0.1) is 0 Å². The van der Waals surface area contributed by atoms with E-state index in [1.54, 1.807) is 33.1 Å². The minimum absolute atomic E-state index is 0.154. The van der Waals surface area contributed by atoms with Crippen molar-refractivity contribution in [3.05, 3.63) is 65.7 Å². The highest BCUT2D eigenvalue weighted by Gasteiger charge is 2.50. The zero-order valence-corrected chi connectivity index (χ0v) is 24.4. The number of carbonyl (C=O) groups is 4. The number of hydrogen-bond acceptors (Lipinski definition) is 8. The standard InChI is InChI=1S/C31H40N4O7/c1-21(32-27(36)19-35-13-15-41-16-14-35)29(38)34-26(18-23-9-11-24(40-3)12-10-23)30(39)33-25(28(37)31(2)20-42-31)17-22-7-5-4-6-8-22/h4-12,21,25-26H,13-20H2,1-3H3,(H,32,36)(H,33,39)(H,34,38)/t21-,25-,26?,31+/m0/s1. The quantitative estimate of drug-likeness (QED) is 0.277. The SMILES string of the molecule is COc1ccc(CC(NC(=O)[C@H](C)NC(=O)CN2CCOCC2)C(=O)N[C@@H](Cc2ccccc2)C(=O)[C@@]2(C)CO2)cc1. The molecule has 3 N–H and O–H groups in total. The van der Waals surface area contributed by atoms with Gasteiger partial charge in [0.15, 0.2) is 5.78 Å². The van der Waals surface area contributed by atoms with Gasteiger partial charge in [-0.3, -0.25) is 24.1 Å². The van der Waals surface area contributed by atoms with E-state index in [4.69, 9.17) is 14.2 Å². The molecule has 3 amide bonds. The summed E-state index contributed by atoms with van der Waals surface area (Å²) in [5, 5.41) is 8.39. The van der Waals surface area contributed by atoms with Crippen LogP contribution in [0, 0.1) is 0 Å². The number of morpholine rings is 1. The molecule has 0 bridgehead atoms. The molecule has 0 aromatic heterocycles. The van der Waals surface area contributed by atoms with Crippen LogP contribution in [0.15, 0.2) is 54.6 Å². The van der Waals surface area contributed by atoms with Crippen LogP contribution in [0.25, 0.3) is 0 Å². The van der Waals surface area contributed by atoms with Crippen LogP contribution in [-0.4, -0.2) is 98.7 Å². The molecule has 2 fully saturated rings. The van der Waals surface area contributed by atoms with Crippen molar-refractivity contribution in [1.82, 2.24) is 20.9 Å². The van der Waals surface area contributed by atoms with Gasteiger partial charge in [0.2, 0.25) is 17.7 Å². The van der Waals surface area contributed by atoms with Crippen LogP contribution in [0.5, 0.6) is 5.75 Å². The maximum Gasteiger partial charge on any atom is 0.243 e. The van der Waals surface area contributed by atoms with Gasteiger partial charge in [-0.25, -0.2) is 0 Å². The maximum absolute atomic E-state index is 13.7. The van der Waals surface area contributed by atoms with Gasteiger partial charge in [0, 0.05) is 19.5 Å². The fourth-order valence-electron chi connectivity index (χ4n) is 4.77. The molecule has 4 rings (SSSR count). The third-order valence-corrected chi connectivity index (χ3v) is 7.49. The Bertz CT molecular complexity index is 1230. The molecule has 2 saturated heterocycles. The summed E-state index contributed by atoms with van der Waals surface area (Å²) >= 11 is 0. The van der Waals surface area contributed by atoms with Crippen molar-refractivity contribution in [2.24, 2.45) is 0 Å². The van der Waals surface area contributed by atoms with Gasteiger partial charge in [0.05, 0.1) is 39.5 Å². The van der Waals surface area contributed by atoms with Crippen molar-refractivity contribution < 1.29 is 33.4 Å². The second-order valence-electron chi connectivity index (χ2n) is 10.9. The Labute approximate surface area is 246 Å². The van der Waals surface area contributed by atoms with Gasteiger partial charge >= 0.3 is 0 Å². The number of nitrogens with one attached hydrogen (secondary N) is 3. The van der Waals surface area contributed by atoms with Crippen LogP contribution < -0.4 is 20.7 Å². The second kappa shape index (κ2) is 14.4. The van der Waals surface area contributed by atoms with Crippen LogP contribution in [-0.2, 0) is 41.5 Å².